The summed E-state index contributed by atoms with van der Waals surface area (Å²) in [5.74, 6) is 1.91. The third kappa shape index (κ3) is 4.04. The van der Waals surface area contributed by atoms with E-state index in [4.69, 9.17) is 4.74 Å². The largest absolute Gasteiger partial charge is 0.497 e. The topological polar surface area (TPSA) is 52.0 Å². The molecular formula is C16H24N4O. The SMILES string of the molecule is CNC(Cc1ccc(OC)cc1)Cc1ncnn1C(C)C. The zero-order valence-corrected chi connectivity index (χ0v) is 13.2. The van der Waals surface area contributed by atoms with Gasteiger partial charge < -0.3 is 10.1 Å². The third-order valence-corrected chi connectivity index (χ3v) is 3.61. The van der Waals surface area contributed by atoms with Crippen molar-refractivity contribution < 1.29 is 4.74 Å². The third-order valence-electron chi connectivity index (χ3n) is 3.61. The summed E-state index contributed by atoms with van der Waals surface area (Å²) in [5.41, 5.74) is 1.28. The Morgan fingerprint density at radius 1 is 1.19 bits per heavy atom. The van der Waals surface area contributed by atoms with Crippen molar-refractivity contribution in [2.45, 2.75) is 38.8 Å². The average Bonchev–Trinajstić information content (AvgIpc) is 2.95. The van der Waals surface area contributed by atoms with E-state index < -0.39 is 0 Å². The van der Waals surface area contributed by atoms with E-state index in [-0.39, 0.29) is 0 Å². The number of benzene rings is 1. The molecule has 1 unspecified atom stereocenters. The van der Waals surface area contributed by atoms with E-state index in [1.165, 1.54) is 5.56 Å². The molecule has 1 atom stereocenters. The Bertz CT molecular complexity index is 548. The minimum Gasteiger partial charge on any atom is -0.497 e. The molecule has 2 aromatic rings. The van der Waals surface area contributed by atoms with Gasteiger partial charge in [0, 0.05) is 18.5 Å². The molecule has 1 N–H and O–H groups in total. The Labute approximate surface area is 126 Å². The highest BCUT2D eigenvalue weighted by Gasteiger charge is 2.14. The van der Waals surface area contributed by atoms with E-state index in [0.717, 1.165) is 24.4 Å². The number of likely N-dealkylation sites (N-methyl/N-ethyl adjacent to an activating group) is 1. The minimum atomic E-state index is 0.333. The fourth-order valence-electron chi connectivity index (χ4n) is 2.39. The maximum atomic E-state index is 5.19. The van der Waals surface area contributed by atoms with Gasteiger partial charge in [-0.3, -0.25) is 0 Å². The fraction of sp³-hybridized carbons (Fsp3) is 0.500. The van der Waals surface area contributed by atoms with Gasteiger partial charge in [-0.15, -0.1) is 0 Å². The van der Waals surface area contributed by atoms with Gasteiger partial charge in [-0.05, 0) is 45.0 Å². The molecule has 5 heteroatoms. The lowest BCUT2D eigenvalue weighted by atomic mass is 10.0. The maximum absolute atomic E-state index is 5.19. The van der Waals surface area contributed by atoms with E-state index in [9.17, 15) is 0 Å². The summed E-state index contributed by atoms with van der Waals surface area (Å²) in [6.45, 7) is 4.24. The quantitative estimate of drug-likeness (QED) is 0.849. The highest BCUT2D eigenvalue weighted by atomic mass is 16.5. The zero-order chi connectivity index (χ0) is 15.2. The number of hydrogen-bond acceptors (Lipinski definition) is 4. The Morgan fingerprint density at radius 2 is 1.90 bits per heavy atom. The summed E-state index contributed by atoms with van der Waals surface area (Å²) < 4.78 is 7.18. The molecule has 21 heavy (non-hydrogen) atoms. The summed E-state index contributed by atoms with van der Waals surface area (Å²) in [4.78, 5) is 4.39. The molecule has 0 bridgehead atoms. The lowest BCUT2D eigenvalue weighted by Crippen LogP contribution is -2.31. The first kappa shape index (κ1) is 15.5. The van der Waals surface area contributed by atoms with Gasteiger partial charge in [0.05, 0.1) is 7.11 Å². The van der Waals surface area contributed by atoms with Crippen LogP contribution in [0.25, 0.3) is 0 Å². The van der Waals surface area contributed by atoms with Gasteiger partial charge in [0.25, 0.3) is 0 Å². The lowest BCUT2D eigenvalue weighted by molar-refractivity contribution is 0.414. The summed E-state index contributed by atoms with van der Waals surface area (Å²) >= 11 is 0. The molecule has 5 nitrogen and oxygen atoms in total. The van der Waals surface area contributed by atoms with E-state index in [2.05, 4.69) is 41.4 Å². The van der Waals surface area contributed by atoms with Crippen molar-refractivity contribution in [1.82, 2.24) is 20.1 Å². The van der Waals surface area contributed by atoms with Crippen LogP contribution in [0.4, 0.5) is 0 Å². The molecule has 0 saturated carbocycles. The van der Waals surface area contributed by atoms with Crippen LogP contribution >= 0.6 is 0 Å². The molecule has 0 radical (unpaired) electrons. The van der Waals surface area contributed by atoms with Gasteiger partial charge in [-0.2, -0.15) is 5.10 Å². The van der Waals surface area contributed by atoms with Crippen molar-refractivity contribution in [3.05, 3.63) is 42.0 Å². The molecule has 0 aliphatic carbocycles. The van der Waals surface area contributed by atoms with Crippen molar-refractivity contribution >= 4 is 0 Å². The first-order valence-electron chi connectivity index (χ1n) is 7.32. The number of hydrogen-bond donors (Lipinski definition) is 1. The average molecular weight is 288 g/mol. The Hall–Kier alpha value is -1.88. The van der Waals surface area contributed by atoms with E-state index in [0.29, 0.717) is 12.1 Å². The van der Waals surface area contributed by atoms with Gasteiger partial charge in [0.15, 0.2) is 0 Å². The summed E-state index contributed by atoms with van der Waals surface area (Å²) in [7, 11) is 3.68. The second-order valence-electron chi connectivity index (χ2n) is 5.46. The number of aromatic nitrogens is 3. The molecule has 0 saturated heterocycles. The summed E-state index contributed by atoms with van der Waals surface area (Å²) in [6, 6.07) is 8.88. The number of rotatable bonds is 7. The van der Waals surface area contributed by atoms with E-state index in [1.54, 1.807) is 13.4 Å². The predicted molar refractivity (Wildman–Crippen MR) is 83.7 cm³/mol. The monoisotopic (exact) mass is 288 g/mol. The lowest BCUT2D eigenvalue weighted by Gasteiger charge is -2.17. The molecule has 0 amide bonds. The standard InChI is InChI=1S/C16H24N4O/c1-12(2)20-16(18-11-19-20)10-14(17-3)9-13-5-7-15(21-4)8-6-13/h5-8,11-12,14,17H,9-10H2,1-4H3. The molecule has 0 aliphatic heterocycles. The van der Waals surface area contributed by atoms with Crippen LogP contribution in [0, 0.1) is 0 Å². The van der Waals surface area contributed by atoms with Crippen LogP contribution in [0.1, 0.15) is 31.3 Å². The van der Waals surface area contributed by atoms with Crippen LogP contribution in [-0.2, 0) is 12.8 Å². The van der Waals surface area contributed by atoms with Crippen molar-refractivity contribution in [3.63, 3.8) is 0 Å². The highest BCUT2D eigenvalue weighted by Crippen LogP contribution is 2.14. The Balaban J connectivity index is 2.03. The van der Waals surface area contributed by atoms with Gasteiger partial charge in [0.2, 0.25) is 0 Å². The van der Waals surface area contributed by atoms with Crippen molar-refractivity contribution in [3.8, 4) is 5.75 Å². The molecule has 114 valence electrons. The van der Waals surface area contributed by atoms with Gasteiger partial charge in [-0.1, -0.05) is 12.1 Å². The van der Waals surface area contributed by atoms with Crippen LogP contribution in [0.2, 0.25) is 0 Å². The Kier molecular flexibility index (Phi) is 5.33. The van der Waals surface area contributed by atoms with E-state index in [1.807, 2.05) is 23.9 Å². The van der Waals surface area contributed by atoms with Crippen LogP contribution in [0.5, 0.6) is 5.75 Å². The molecule has 1 aromatic heterocycles. The maximum Gasteiger partial charge on any atom is 0.138 e. The first-order chi connectivity index (χ1) is 10.1. The van der Waals surface area contributed by atoms with Gasteiger partial charge >= 0.3 is 0 Å². The van der Waals surface area contributed by atoms with Gasteiger partial charge in [0.1, 0.15) is 17.9 Å². The molecule has 0 aliphatic rings. The second kappa shape index (κ2) is 7.22. The zero-order valence-electron chi connectivity index (χ0n) is 13.2. The molecular weight excluding hydrogens is 264 g/mol. The highest BCUT2D eigenvalue weighted by molar-refractivity contribution is 5.27. The van der Waals surface area contributed by atoms with E-state index >= 15 is 0 Å². The van der Waals surface area contributed by atoms with Crippen molar-refractivity contribution in [2.24, 2.45) is 0 Å². The fourth-order valence-corrected chi connectivity index (χ4v) is 2.39. The number of nitrogens with zero attached hydrogens (tertiary/aromatic N) is 3. The minimum absolute atomic E-state index is 0.333. The summed E-state index contributed by atoms with van der Waals surface area (Å²) in [5, 5.41) is 7.67. The first-order valence-corrected chi connectivity index (χ1v) is 7.32. The van der Waals surface area contributed by atoms with Crippen molar-refractivity contribution in [2.75, 3.05) is 14.2 Å². The van der Waals surface area contributed by atoms with Gasteiger partial charge in [-0.25, -0.2) is 9.67 Å². The number of methoxy groups -OCH3 is 1. The molecule has 0 spiro atoms. The molecule has 1 aromatic carbocycles. The van der Waals surface area contributed by atoms with Crippen molar-refractivity contribution in [1.29, 1.82) is 0 Å². The molecule has 2 rings (SSSR count). The number of ether oxygens (including phenoxy) is 1. The Morgan fingerprint density at radius 3 is 2.48 bits per heavy atom. The summed E-state index contributed by atoms with van der Waals surface area (Å²) in [6.07, 6.45) is 3.45. The normalized spacial score (nSPS) is 12.6. The van der Waals surface area contributed by atoms with Crippen LogP contribution in [0.15, 0.2) is 30.6 Å². The van der Waals surface area contributed by atoms with Crippen LogP contribution in [-0.4, -0.2) is 35.0 Å². The number of nitrogens with one attached hydrogen (secondary N) is 1. The molecule has 0 fully saturated rings. The predicted octanol–water partition coefficient (Wildman–Crippen LogP) is 2.24. The van der Waals surface area contributed by atoms with Crippen LogP contribution < -0.4 is 10.1 Å². The smallest absolute Gasteiger partial charge is 0.138 e. The van der Waals surface area contributed by atoms with Crippen LogP contribution in [0.3, 0.4) is 0 Å². The molecule has 1 heterocycles. The second-order valence-corrected chi connectivity index (χ2v) is 5.46.